The molecule has 1 fully saturated rings. The lowest BCUT2D eigenvalue weighted by Crippen LogP contribution is -2.43. The van der Waals surface area contributed by atoms with Crippen molar-refractivity contribution in [2.24, 2.45) is 0 Å². The lowest BCUT2D eigenvalue weighted by molar-refractivity contribution is -0.137. The molecular formula is C28H29ClFN3O7S. The van der Waals surface area contributed by atoms with Crippen LogP contribution in [-0.2, 0) is 14.8 Å². The highest BCUT2D eigenvalue weighted by molar-refractivity contribution is 7.93. The van der Waals surface area contributed by atoms with Gasteiger partial charge in [-0.3, -0.25) is 13.8 Å². The Morgan fingerprint density at radius 3 is 2.76 bits per heavy atom. The molecule has 2 aliphatic rings. The lowest BCUT2D eigenvalue weighted by atomic mass is 10.0. The average molecular weight is 606 g/mol. The van der Waals surface area contributed by atoms with Crippen LogP contribution in [-0.4, -0.2) is 60.2 Å². The third-order valence-corrected chi connectivity index (χ3v) is 8.90. The number of aliphatic carboxylic acids is 1. The molecule has 0 amide bonds. The summed E-state index contributed by atoms with van der Waals surface area (Å²) in [6.45, 7) is 1.09. The summed E-state index contributed by atoms with van der Waals surface area (Å²) in [6, 6.07) is 9.38. The van der Waals surface area contributed by atoms with Gasteiger partial charge in [0, 0.05) is 18.2 Å². The van der Waals surface area contributed by atoms with Crippen molar-refractivity contribution in [1.29, 1.82) is 0 Å². The van der Waals surface area contributed by atoms with Gasteiger partial charge in [0.25, 0.3) is 15.9 Å². The molecule has 0 saturated heterocycles. The maximum Gasteiger partial charge on any atom is 0.303 e. The normalized spacial score (nSPS) is 17.2. The number of carbonyl (C=O) groups is 1. The molecule has 1 saturated carbocycles. The maximum atomic E-state index is 14.5. The smallest absolute Gasteiger partial charge is 0.303 e. The number of hydrogen-bond donors (Lipinski definition) is 2. The number of nitrogens with zero attached hydrogens (tertiary/aromatic N) is 3. The highest BCUT2D eigenvalue weighted by Gasteiger charge is 2.39. The third-order valence-electron chi connectivity index (χ3n) is 6.82. The Hall–Kier alpha value is -3.61. The number of anilines is 1. The van der Waals surface area contributed by atoms with Gasteiger partial charge in [-0.15, -0.1) is 5.10 Å². The molecule has 0 bridgehead atoms. The first-order valence-electron chi connectivity index (χ1n) is 13.1. The van der Waals surface area contributed by atoms with E-state index < -0.39 is 27.9 Å². The summed E-state index contributed by atoms with van der Waals surface area (Å²) in [6.07, 6.45) is 3.99. The summed E-state index contributed by atoms with van der Waals surface area (Å²) in [4.78, 5) is 11.1. The van der Waals surface area contributed by atoms with Gasteiger partial charge < -0.3 is 19.7 Å². The number of aromatic nitrogens is 2. The molecule has 0 spiro atoms. The first-order chi connectivity index (χ1) is 19.6. The molecule has 2 aromatic carbocycles. The van der Waals surface area contributed by atoms with Crippen molar-refractivity contribution in [3.63, 3.8) is 0 Å². The summed E-state index contributed by atoms with van der Waals surface area (Å²) in [5.74, 6) is -1.38. The van der Waals surface area contributed by atoms with E-state index in [2.05, 4.69) is 5.10 Å². The SMILES string of the molecule is CC(=Cc1ccc2c(c1)N(S(=O)(=O)c1cn(C3CC3)nc1OCCO)CC(CCC(=O)O)O2)c1c(F)cccc1Cl. The molecule has 1 atom stereocenters. The van der Waals surface area contributed by atoms with Gasteiger partial charge in [-0.05, 0) is 61.6 Å². The number of fused-ring (bicyclic) bond motifs is 1. The van der Waals surface area contributed by atoms with Gasteiger partial charge in [-0.25, -0.2) is 12.8 Å². The summed E-state index contributed by atoms with van der Waals surface area (Å²) in [5.41, 5.74) is 1.56. The number of carboxylic acid groups (broad SMARTS) is 1. The molecule has 13 heteroatoms. The molecular weight excluding hydrogens is 577 g/mol. The molecule has 1 aliphatic heterocycles. The predicted molar refractivity (Wildman–Crippen MR) is 150 cm³/mol. The standard InChI is InChI=1S/C28H29ClFN3O7S/c1-17(27-21(29)3-2-4-22(27)30)13-18-5-9-24-23(14-18)33(15-20(40-24)8-10-26(35)36)41(37,38)25-16-32(19-6-7-19)31-28(25)39-12-11-34/h2-5,9,13-14,16,19-20,34H,6-8,10-12,15H2,1H3,(H,35,36). The predicted octanol–water partition coefficient (Wildman–Crippen LogP) is 4.76. The van der Waals surface area contributed by atoms with Gasteiger partial charge in [0.2, 0.25) is 0 Å². The number of hydrogen-bond acceptors (Lipinski definition) is 7. The largest absolute Gasteiger partial charge is 0.486 e. The molecule has 1 aliphatic carbocycles. The Balaban J connectivity index is 1.57. The van der Waals surface area contributed by atoms with Crippen LogP contribution < -0.4 is 13.8 Å². The fourth-order valence-electron chi connectivity index (χ4n) is 4.70. The van der Waals surface area contributed by atoms with Crippen molar-refractivity contribution in [2.75, 3.05) is 24.1 Å². The number of carboxylic acids is 1. The van der Waals surface area contributed by atoms with E-state index in [0.717, 1.165) is 12.8 Å². The van der Waals surface area contributed by atoms with Gasteiger partial charge in [0.1, 0.15) is 24.3 Å². The van der Waals surface area contributed by atoms with Crippen LogP contribution in [0, 0.1) is 5.82 Å². The second kappa shape index (κ2) is 11.7. The van der Waals surface area contributed by atoms with E-state index in [4.69, 9.17) is 21.1 Å². The fraction of sp³-hybridized carbons (Fsp3) is 0.357. The van der Waals surface area contributed by atoms with E-state index in [0.29, 0.717) is 11.1 Å². The summed E-state index contributed by atoms with van der Waals surface area (Å²) < 4.78 is 57.2. The monoisotopic (exact) mass is 605 g/mol. The molecule has 5 rings (SSSR count). The first kappa shape index (κ1) is 28.9. The Kier molecular flexibility index (Phi) is 8.25. The van der Waals surface area contributed by atoms with E-state index in [1.54, 1.807) is 41.9 Å². The average Bonchev–Trinajstić information content (AvgIpc) is 3.68. The number of sulfonamides is 1. The molecule has 1 unspecified atom stereocenters. The van der Waals surface area contributed by atoms with Crippen LogP contribution in [0.1, 0.15) is 49.8 Å². The van der Waals surface area contributed by atoms with Crippen molar-refractivity contribution >= 4 is 44.9 Å². The zero-order chi connectivity index (χ0) is 29.3. The third kappa shape index (κ3) is 6.19. The van der Waals surface area contributed by atoms with Crippen molar-refractivity contribution in [3.05, 3.63) is 64.6 Å². The molecule has 41 heavy (non-hydrogen) atoms. The topological polar surface area (TPSA) is 131 Å². The number of halogens is 2. The summed E-state index contributed by atoms with van der Waals surface area (Å²) in [7, 11) is -4.29. The molecule has 1 aromatic heterocycles. The van der Waals surface area contributed by atoms with E-state index in [1.165, 1.54) is 22.6 Å². The van der Waals surface area contributed by atoms with Crippen molar-refractivity contribution in [3.8, 4) is 11.6 Å². The second-order valence-electron chi connectivity index (χ2n) is 9.94. The molecule has 0 radical (unpaired) electrons. The van der Waals surface area contributed by atoms with Gasteiger partial charge in [-0.2, -0.15) is 0 Å². The van der Waals surface area contributed by atoms with Crippen molar-refractivity contribution in [1.82, 2.24) is 9.78 Å². The Morgan fingerprint density at radius 2 is 2.07 bits per heavy atom. The Morgan fingerprint density at radius 1 is 1.29 bits per heavy atom. The van der Waals surface area contributed by atoms with Gasteiger partial charge >= 0.3 is 5.97 Å². The van der Waals surface area contributed by atoms with Crippen molar-refractivity contribution in [2.45, 2.75) is 49.6 Å². The van der Waals surface area contributed by atoms with Gasteiger partial charge in [0.05, 0.1) is 29.9 Å². The van der Waals surface area contributed by atoms with Crippen LogP contribution in [0.5, 0.6) is 11.6 Å². The highest BCUT2D eigenvalue weighted by atomic mass is 35.5. The Labute approximate surface area is 241 Å². The molecule has 2 heterocycles. The van der Waals surface area contributed by atoms with E-state index >= 15 is 0 Å². The van der Waals surface area contributed by atoms with Crippen LogP contribution in [0.2, 0.25) is 5.02 Å². The molecule has 218 valence electrons. The summed E-state index contributed by atoms with van der Waals surface area (Å²) in [5, 5.41) is 23.0. The highest BCUT2D eigenvalue weighted by Crippen LogP contribution is 2.42. The van der Waals surface area contributed by atoms with Crippen LogP contribution in [0.4, 0.5) is 10.1 Å². The van der Waals surface area contributed by atoms with Crippen LogP contribution in [0.25, 0.3) is 11.6 Å². The minimum absolute atomic E-state index is 0.0700. The van der Waals surface area contributed by atoms with Crippen LogP contribution in [0.15, 0.2) is 47.5 Å². The summed E-state index contributed by atoms with van der Waals surface area (Å²) >= 11 is 6.24. The fourth-order valence-corrected chi connectivity index (χ4v) is 6.58. The second-order valence-corrected chi connectivity index (χ2v) is 12.2. The molecule has 10 nitrogen and oxygen atoms in total. The van der Waals surface area contributed by atoms with E-state index in [9.17, 15) is 27.8 Å². The van der Waals surface area contributed by atoms with Crippen molar-refractivity contribution < 1.29 is 37.3 Å². The van der Waals surface area contributed by atoms with Crippen LogP contribution in [0.3, 0.4) is 0 Å². The number of allylic oxidation sites excluding steroid dienone is 1. The number of benzene rings is 2. The van der Waals surface area contributed by atoms with Crippen LogP contribution >= 0.6 is 11.6 Å². The number of ether oxygens (including phenoxy) is 2. The minimum atomic E-state index is -4.29. The van der Waals surface area contributed by atoms with Gasteiger partial charge in [-0.1, -0.05) is 29.8 Å². The zero-order valence-corrected chi connectivity index (χ0v) is 23.7. The maximum absolute atomic E-state index is 14.5. The van der Waals surface area contributed by atoms with E-state index in [1.807, 2.05) is 0 Å². The number of aliphatic hydroxyl groups excluding tert-OH is 1. The van der Waals surface area contributed by atoms with E-state index in [-0.39, 0.29) is 71.4 Å². The number of aliphatic hydroxyl groups is 1. The minimum Gasteiger partial charge on any atom is -0.486 e. The zero-order valence-electron chi connectivity index (χ0n) is 22.2. The molecule has 2 N–H and O–H groups in total. The Bertz CT molecular complexity index is 1580. The lowest BCUT2D eigenvalue weighted by Gasteiger charge is -2.35. The molecule has 3 aromatic rings. The first-order valence-corrected chi connectivity index (χ1v) is 14.9. The quantitative estimate of drug-likeness (QED) is 0.299. The van der Waals surface area contributed by atoms with Gasteiger partial charge in [0.15, 0.2) is 4.90 Å². The number of rotatable bonds is 11.